The van der Waals surface area contributed by atoms with Crippen molar-refractivity contribution in [3.8, 4) is 17.2 Å². The lowest BCUT2D eigenvalue weighted by molar-refractivity contribution is 0.104. The first kappa shape index (κ1) is 19.6. The number of carbonyl (C=O) groups excluding carboxylic acids is 1. The zero-order valence-electron chi connectivity index (χ0n) is 16.0. The van der Waals surface area contributed by atoms with Crippen molar-refractivity contribution in [2.75, 3.05) is 7.11 Å². The minimum absolute atomic E-state index is 0.0648. The van der Waals surface area contributed by atoms with Crippen LogP contribution in [0.25, 0.3) is 6.08 Å². The highest BCUT2D eigenvalue weighted by atomic mass is 16.5. The Hall–Kier alpha value is -2.75. The van der Waals surface area contributed by atoms with E-state index in [-0.39, 0.29) is 11.5 Å². The molecule has 0 aliphatic heterocycles. The Balaban J connectivity index is 2.43. The molecule has 0 atom stereocenters. The van der Waals surface area contributed by atoms with Gasteiger partial charge in [-0.1, -0.05) is 31.2 Å². The molecule has 0 spiro atoms. The summed E-state index contributed by atoms with van der Waals surface area (Å²) in [6, 6.07) is 10.2. The second-order valence-corrected chi connectivity index (χ2v) is 6.99. The normalized spacial score (nSPS) is 11.6. The third-order valence-corrected chi connectivity index (χ3v) is 3.76. The fraction of sp³-hybridized carbons (Fsp3) is 0.318. The minimum atomic E-state index is -0.405. The summed E-state index contributed by atoms with van der Waals surface area (Å²) in [5.74, 6) is 1.19. The molecule has 0 saturated heterocycles. The average Bonchev–Trinajstić information content (AvgIpc) is 2.58. The van der Waals surface area contributed by atoms with E-state index >= 15 is 0 Å². The fourth-order valence-corrected chi connectivity index (χ4v) is 2.58. The van der Waals surface area contributed by atoms with E-state index in [1.165, 1.54) is 18.2 Å². The van der Waals surface area contributed by atoms with Crippen LogP contribution in [-0.4, -0.2) is 23.6 Å². The van der Waals surface area contributed by atoms with Crippen LogP contribution >= 0.6 is 0 Å². The number of allylic oxidation sites excluding steroid dienone is 1. The second kappa shape index (κ2) is 8.09. The number of ketones is 1. The molecule has 0 aliphatic rings. The standard InChI is InChI=1S/C22H26O4/c1-6-15-10-11-16(21(20(15)25-5)26-22(2,3)4)12-13-19(24)17-8-7-9-18(23)14-17/h7-14,23H,6H2,1-5H3/b13-12+. The fourth-order valence-electron chi connectivity index (χ4n) is 2.58. The molecule has 0 saturated carbocycles. The molecule has 138 valence electrons. The molecule has 2 aromatic carbocycles. The number of hydrogen-bond donors (Lipinski definition) is 1. The summed E-state index contributed by atoms with van der Waals surface area (Å²) in [5.41, 5.74) is 1.83. The van der Waals surface area contributed by atoms with Crippen molar-refractivity contribution in [3.63, 3.8) is 0 Å². The first-order valence-electron chi connectivity index (χ1n) is 8.65. The number of methoxy groups -OCH3 is 1. The second-order valence-electron chi connectivity index (χ2n) is 6.99. The molecule has 0 radical (unpaired) electrons. The van der Waals surface area contributed by atoms with Crippen molar-refractivity contribution >= 4 is 11.9 Å². The lowest BCUT2D eigenvalue weighted by atomic mass is 10.0. The van der Waals surface area contributed by atoms with Gasteiger partial charge in [0.2, 0.25) is 0 Å². The average molecular weight is 354 g/mol. The Morgan fingerprint density at radius 1 is 1.15 bits per heavy atom. The summed E-state index contributed by atoms with van der Waals surface area (Å²) >= 11 is 0. The van der Waals surface area contributed by atoms with Crippen LogP contribution in [-0.2, 0) is 6.42 Å². The van der Waals surface area contributed by atoms with E-state index in [4.69, 9.17) is 9.47 Å². The molecule has 0 aromatic heterocycles. The monoisotopic (exact) mass is 354 g/mol. The van der Waals surface area contributed by atoms with E-state index < -0.39 is 5.60 Å². The summed E-state index contributed by atoms with van der Waals surface area (Å²) in [4.78, 5) is 12.4. The number of hydrogen-bond acceptors (Lipinski definition) is 4. The number of aromatic hydroxyl groups is 1. The Morgan fingerprint density at radius 2 is 1.88 bits per heavy atom. The van der Waals surface area contributed by atoms with Crippen molar-refractivity contribution < 1.29 is 19.4 Å². The summed E-state index contributed by atoms with van der Waals surface area (Å²) in [5, 5.41) is 9.53. The van der Waals surface area contributed by atoms with Crippen LogP contribution < -0.4 is 9.47 Å². The van der Waals surface area contributed by atoms with Gasteiger partial charge >= 0.3 is 0 Å². The highest BCUT2D eigenvalue weighted by Gasteiger charge is 2.20. The zero-order chi connectivity index (χ0) is 19.3. The first-order valence-corrected chi connectivity index (χ1v) is 8.65. The van der Waals surface area contributed by atoms with Gasteiger partial charge in [0.05, 0.1) is 7.11 Å². The molecular formula is C22H26O4. The number of benzene rings is 2. The molecule has 0 unspecified atom stereocenters. The van der Waals surface area contributed by atoms with Gasteiger partial charge in [-0.2, -0.15) is 0 Å². The maximum atomic E-state index is 12.4. The third-order valence-electron chi connectivity index (χ3n) is 3.76. The maximum absolute atomic E-state index is 12.4. The Labute approximate surface area is 155 Å². The minimum Gasteiger partial charge on any atom is -0.508 e. The van der Waals surface area contributed by atoms with Gasteiger partial charge in [0.25, 0.3) is 0 Å². The number of ether oxygens (including phenoxy) is 2. The number of carbonyl (C=O) groups is 1. The largest absolute Gasteiger partial charge is 0.508 e. The van der Waals surface area contributed by atoms with Gasteiger partial charge in [-0.3, -0.25) is 4.79 Å². The topological polar surface area (TPSA) is 55.8 Å². The van der Waals surface area contributed by atoms with E-state index in [1.54, 1.807) is 25.3 Å². The molecule has 0 aliphatic carbocycles. The lowest BCUT2D eigenvalue weighted by Crippen LogP contribution is -2.24. The molecule has 4 nitrogen and oxygen atoms in total. The van der Waals surface area contributed by atoms with Crippen molar-refractivity contribution in [1.29, 1.82) is 0 Å². The van der Waals surface area contributed by atoms with E-state index in [0.717, 1.165) is 17.5 Å². The zero-order valence-corrected chi connectivity index (χ0v) is 16.0. The maximum Gasteiger partial charge on any atom is 0.185 e. The molecule has 0 heterocycles. The van der Waals surface area contributed by atoms with Gasteiger partial charge in [-0.15, -0.1) is 0 Å². The molecule has 2 rings (SSSR count). The molecule has 2 aromatic rings. The smallest absolute Gasteiger partial charge is 0.185 e. The highest BCUT2D eigenvalue weighted by molar-refractivity contribution is 6.07. The van der Waals surface area contributed by atoms with Crippen molar-refractivity contribution in [3.05, 3.63) is 59.2 Å². The summed E-state index contributed by atoms with van der Waals surface area (Å²) in [7, 11) is 1.62. The predicted molar refractivity (Wildman–Crippen MR) is 104 cm³/mol. The third kappa shape index (κ3) is 4.88. The summed E-state index contributed by atoms with van der Waals surface area (Å²) in [6.07, 6.45) is 4.01. The Bertz CT molecular complexity index is 813. The highest BCUT2D eigenvalue weighted by Crippen LogP contribution is 2.38. The molecular weight excluding hydrogens is 328 g/mol. The van der Waals surface area contributed by atoms with Crippen LogP contribution in [0.15, 0.2) is 42.5 Å². The quantitative estimate of drug-likeness (QED) is 0.583. The SMILES string of the molecule is CCc1ccc(/C=C/C(=O)c2cccc(O)c2)c(OC(C)(C)C)c1OC. The summed E-state index contributed by atoms with van der Waals surface area (Å²) < 4.78 is 11.7. The van der Waals surface area contributed by atoms with Crippen LogP contribution in [0.1, 0.15) is 49.2 Å². The molecule has 0 amide bonds. The van der Waals surface area contributed by atoms with E-state index in [2.05, 4.69) is 6.92 Å². The molecule has 1 N–H and O–H groups in total. The molecule has 0 bridgehead atoms. The molecule has 26 heavy (non-hydrogen) atoms. The predicted octanol–water partition coefficient (Wildman–Crippen LogP) is 5.04. The van der Waals surface area contributed by atoms with Crippen LogP contribution in [0.5, 0.6) is 17.2 Å². The van der Waals surface area contributed by atoms with E-state index in [1.807, 2.05) is 32.9 Å². The number of phenols is 1. The van der Waals surface area contributed by atoms with Crippen LogP contribution in [0, 0.1) is 0 Å². The first-order chi connectivity index (χ1) is 12.2. The van der Waals surface area contributed by atoms with Crippen LogP contribution in [0.3, 0.4) is 0 Å². The molecule has 4 heteroatoms. The van der Waals surface area contributed by atoms with E-state index in [0.29, 0.717) is 17.1 Å². The molecule has 0 fully saturated rings. The van der Waals surface area contributed by atoms with Gasteiger partial charge in [0.15, 0.2) is 17.3 Å². The van der Waals surface area contributed by atoms with Crippen LogP contribution in [0.4, 0.5) is 0 Å². The number of rotatable bonds is 6. The Kier molecular flexibility index (Phi) is 6.09. The van der Waals surface area contributed by atoms with Gasteiger partial charge in [-0.25, -0.2) is 0 Å². The van der Waals surface area contributed by atoms with Gasteiger partial charge < -0.3 is 14.6 Å². The van der Waals surface area contributed by atoms with E-state index in [9.17, 15) is 9.90 Å². The van der Waals surface area contributed by atoms with Gasteiger partial charge in [0.1, 0.15) is 11.4 Å². The summed E-state index contributed by atoms with van der Waals surface area (Å²) in [6.45, 7) is 7.96. The van der Waals surface area contributed by atoms with Crippen molar-refractivity contribution in [1.82, 2.24) is 0 Å². The van der Waals surface area contributed by atoms with Crippen LogP contribution in [0.2, 0.25) is 0 Å². The van der Waals surface area contributed by atoms with Crippen molar-refractivity contribution in [2.45, 2.75) is 39.7 Å². The van der Waals surface area contributed by atoms with Gasteiger partial charge in [-0.05, 0) is 57.0 Å². The number of aryl methyl sites for hydroxylation is 1. The van der Waals surface area contributed by atoms with Gasteiger partial charge in [0, 0.05) is 11.1 Å². The Morgan fingerprint density at radius 3 is 2.46 bits per heavy atom. The van der Waals surface area contributed by atoms with Crippen molar-refractivity contribution in [2.24, 2.45) is 0 Å². The lowest BCUT2D eigenvalue weighted by Gasteiger charge is -2.25. The number of phenolic OH excluding ortho intramolecular Hbond substituents is 1.